The molecule has 0 aliphatic rings. The van der Waals surface area contributed by atoms with Crippen LogP contribution in [-0.2, 0) is 0 Å². The predicted molar refractivity (Wildman–Crippen MR) is 43.9 cm³/mol. The molecular formula is C9H11LiN-. The molecule has 0 aliphatic carbocycles. The average Bonchev–Trinajstić information content (AvgIpc) is 1.88. The van der Waals surface area contributed by atoms with E-state index < -0.39 is 0 Å². The van der Waals surface area contributed by atoms with Gasteiger partial charge in [0, 0.05) is 0 Å². The molecule has 2 heteroatoms. The molecule has 0 amide bonds. The molecule has 1 nitrogen and oxygen atoms in total. The summed E-state index contributed by atoms with van der Waals surface area (Å²) in [5, 5.41) is 3.08. The van der Waals surface area contributed by atoms with Crippen molar-refractivity contribution in [3.05, 3.63) is 36.8 Å². The van der Waals surface area contributed by atoms with Crippen molar-refractivity contribution in [2.45, 2.75) is 6.92 Å². The first-order chi connectivity index (χ1) is 4.83. The second kappa shape index (κ2) is 5.29. The van der Waals surface area contributed by atoms with Crippen LogP contribution in [0.5, 0.6) is 0 Å². The molecule has 54 valence electrons. The van der Waals surface area contributed by atoms with Gasteiger partial charge in [0.25, 0.3) is 0 Å². The molecule has 1 aromatic carbocycles. The minimum Gasteiger partial charge on any atom is -0.436 e. The third-order valence-electron chi connectivity index (χ3n) is 1.27. The zero-order valence-corrected chi connectivity index (χ0v) is 7.15. The molecule has 0 saturated heterocycles. The van der Waals surface area contributed by atoms with Crippen LogP contribution in [0.1, 0.15) is 5.56 Å². The SMILES string of the molecule is [CH2-]CNc1[c-]ccc(C)c1.[Li+]. The predicted octanol–water partition coefficient (Wildman–Crippen LogP) is -0.955. The van der Waals surface area contributed by atoms with E-state index in [0.717, 1.165) is 5.69 Å². The Bertz CT molecular complexity index is 210. The van der Waals surface area contributed by atoms with Crippen LogP contribution >= 0.6 is 0 Å². The fraction of sp³-hybridized carbons (Fsp3) is 0.222. The van der Waals surface area contributed by atoms with Crippen molar-refractivity contribution in [2.24, 2.45) is 0 Å². The molecule has 0 atom stereocenters. The van der Waals surface area contributed by atoms with E-state index in [1.807, 2.05) is 18.2 Å². The van der Waals surface area contributed by atoms with Crippen molar-refractivity contribution in [3.63, 3.8) is 0 Å². The monoisotopic (exact) mass is 140 g/mol. The van der Waals surface area contributed by atoms with Crippen molar-refractivity contribution in [3.8, 4) is 0 Å². The van der Waals surface area contributed by atoms with Gasteiger partial charge in [-0.1, -0.05) is 12.6 Å². The Morgan fingerprint density at radius 3 is 2.91 bits per heavy atom. The summed E-state index contributed by atoms with van der Waals surface area (Å²) in [6, 6.07) is 9.04. The largest absolute Gasteiger partial charge is 1.00 e. The van der Waals surface area contributed by atoms with E-state index in [1.165, 1.54) is 5.56 Å². The molecule has 0 fully saturated rings. The van der Waals surface area contributed by atoms with Crippen LogP contribution in [-0.4, -0.2) is 6.54 Å². The van der Waals surface area contributed by atoms with Crippen LogP contribution in [0.3, 0.4) is 0 Å². The summed E-state index contributed by atoms with van der Waals surface area (Å²) in [4.78, 5) is 0. The Morgan fingerprint density at radius 2 is 2.36 bits per heavy atom. The Morgan fingerprint density at radius 1 is 1.64 bits per heavy atom. The first-order valence-electron chi connectivity index (χ1n) is 3.34. The Balaban J connectivity index is 0.000001000. The smallest absolute Gasteiger partial charge is 0.436 e. The maximum absolute atomic E-state index is 3.68. The van der Waals surface area contributed by atoms with Gasteiger partial charge in [0.05, 0.1) is 0 Å². The number of hydrogen-bond acceptors (Lipinski definition) is 1. The van der Waals surface area contributed by atoms with Crippen LogP contribution in [0.15, 0.2) is 18.2 Å². The van der Waals surface area contributed by atoms with Crippen molar-refractivity contribution in [2.75, 3.05) is 11.9 Å². The number of hydrogen-bond donors (Lipinski definition) is 1. The third-order valence-corrected chi connectivity index (χ3v) is 1.27. The summed E-state index contributed by atoms with van der Waals surface area (Å²) in [6.07, 6.45) is 0. The number of benzene rings is 1. The number of aryl methyl sites for hydroxylation is 1. The second-order valence-corrected chi connectivity index (χ2v) is 2.21. The minimum atomic E-state index is 0. The quantitative estimate of drug-likeness (QED) is 0.412. The molecule has 11 heavy (non-hydrogen) atoms. The van der Waals surface area contributed by atoms with Crippen molar-refractivity contribution in [1.82, 2.24) is 0 Å². The Hall–Kier alpha value is -0.383. The molecule has 0 bridgehead atoms. The Kier molecular flexibility index (Phi) is 5.11. The van der Waals surface area contributed by atoms with Gasteiger partial charge < -0.3 is 12.2 Å². The van der Waals surface area contributed by atoms with E-state index in [0.29, 0.717) is 6.54 Å². The molecular weight excluding hydrogens is 129 g/mol. The van der Waals surface area contributed by atoms with E-state index in [2.05, 4.69) is 25.2 Å². The molecule has 0 radical (unpaired) electrons. The van der Waals surface area contributed by atoms with E-state index in [1.54, 1.807) is 0 Å². The molecule has 0 saturated carbocycles. The van der Waals surface area contributed by atoms with Gasteiger partial charge in [0.1, 0.15) is 0 Å². The zero-order chi connectivity index (χ0) is 7.40. The molecule has 1 N–H and O–H groups in total. The Labute approximate surface area is 80.4 Å². The van der Waals surface area contributed by atoms with E-state index in [4.69, 9.17) is 0 Å². The molecule has 1 aromatic rings. The van der Waals surface area contributed by atoms with Crippen LogP contribution in [0, 0.1) is 19.9 Å². The summed E-state index contributed by atoms with van der Waals surface area (Å²) in [5.74, 6) is 0. The maximum Gasteiger partial charge on any atom is 1.00 e. The molecule has 0 unspecified atom stereocenters. The zero-order valence-electron chi connectivity index (χ0n) is 7.15. The standard InChI is InChI=1S/C9H11N.Li/c1-3-10-9-6-4-5-8(2)7-9;/h4-5,7,10H,1,3H2,2H3;/q-2;+1. The minimum absolute atomic E-state index is 0. The summed E-state index contributed by atoms with van der Waals surface area (Å²) in [7, 11) is 0. The first kappa shape index (κ1) is 10.6. The molecule has 0 spiro atoms. The molecule has 0 heterocycles. The maximum atomic E-state index is 3.68. The average molecular weight is 140 g/mol. The van der Waals surface area contributed by atoms with E-state index >= 15 is 0 Å². The van der Waals surface area contributed by atoms with Crippen LogP contribution < -0.4 is 24.2 Å². The first-order valence-corrected chi connectivity index (χ1v) is 3.34. The molecule has 0 aromatic heterocycles. The van der Waals surface area contributed by atoms with Gasteiger partial charge in [-0.15, -0.1) is 12.6 Å². The van der Waals surface area contributed by atoms with Gasteiger partial charge in [0.15, 0.2) is 0 Å². The van der Waals surface area contributed by atoms with E-state index in [-0.39, 0.29) is 18.9 Å². The summed E-state index contributed by atoms with van der Waals surface area (Å²) in [6.45, 7) is 6.45. The van der Waals surface area contributed by atoms with Gasteiger partial charge in [-0.05, 0) is 0 Å². The van der Waals surface area contributed by atoms with Crippen LogP contribution in [0.2, 0.25) is 0 Å². The van der Waals surface area contributed by atoms with Crippen molar-refractivity contribution < 1.29 is 18.9 Å². The van der Waals surface area contributed by atoms with Crippen LogP contribution in [0.25, 0.3) is 0 Å². The topological polar surface area (TPSA) is 12.0 Å². The summed E-state index contributed by atoms with van der Waals surface area (Å²) >= 11 is 0. The van der Waals surface area contributed by atoms with Gasteiger partial charge in [0.2, 0.25) is 0 Å². The fourth-order valence-corrected chi connectivity index (χ4v) is 0.817. The van der Waals surface area contributed by atoms with Crippen LogP contribution in [0.4, 0.5) is 5.69 Å². The van der Waals surface area contributed by atoms with Gasteiger partial charge in [-0.25, -0.2) is 0 Å². The fourth-order valence-electron chi connectivity index (χ4n) is 0.817. The van der Waals surface area contributed by atoms with Gasteiger partial charge >= 0.3 is 18.9 Å². The normalized spacial score (nSPS) is 8.55. The third kappa shape index (κ3) is 3.51. The second-order valence-electron chi connectivity index (χ2n) is 2.21. The van der Waals surface area contributed by atoms with Gasteiger partial charge in [-0.2, -0.15) is 23.8 Å². The number of rotatable bonds is 2. The molecule has 1 rings (SSSR count). The van der Waals surface area contributed by atoms with Gasteiger partial charge in [-0.3, -0.25) is 0 Å². The van der Waals surface area contributed by atoms with E-state index in [9.17, 15) is 0 Å². The molecule has 0 aliphatic heterocycles. The number of anilines is 1. The van der Waals surface area contributed by atoms with Crippen molar-refractivity contribution >= 4 is 5.69 Å². The number of nitrogens with one attached hydrogen (secondary N) is 1. The van der Waals surface area contributed by atoms with Crippen molar-refractivity contribution in [1.29, 1.82) is 0 Å². The summed E-state index contributed by atoms with van der Waals surface area (Å²) < 4.78 is 0. The summed E-state index contributed by atoms with van der Waals surface area (Å²) in [5.41, 5.74) is 2.27.